The second-order valence-corrected chi connectivity index (χ2v) is 3.82. The van der Waals surface area contributed by atoms with Crippen molar-refractivity contribution < 1.29 is 32.7 Å². The molecule has 11 heavy (non-hydrogen) atoms. The number of nitrogens with one attached hydrogen (secondary N) is 1. The van der Waals surface area contributed by atoms with Crippen LogP contribution >= 0.6 is 0 Å². The molecule has 1 nitrogen and oxygen atoms in total. The minimum atomic E-state index is 0. The average Bonchev–Trinajstić information content (AvgIpc) is 1.81. The fraction of sp³-hybridized carbons (Fsp3) is 0.778. The molecule has 1 aliphatic rings. The first kappa shape index (κ1) is 12.1. The van der Waals surface area contributed by atoms with Gasteiger partial charge in [-0.15, -0.1) is 0 Å². The molecule has 0 aromatic rings. The maximum Gasteiger partial charge on any atom is 0 e. The van der Waals surface area contributed by atoms with Gasteiger partial charge in [0.05, 0.1) is 0 Å². The van der Waals surface area contributed by atoms with Gasteiger partial charge in [-0.2, -0.15) is 11.3 Å². The molecule has 1 saturated heterocycles. The average molecular weight is 228 g/mol. The van der Waals surface area contributed by atoms with Gasteiger partial charge in [0.1, 0.15) is 0 Å². The van der Waals surface area contributed by atoms with Crippen LogP contribution < -0.4 is 5.32 Å². The van der Waals surface area contributed by atoms with Crippen LogP contribution in [0.3, 0.4) is 0 Å². The van der Waals surface area contributed by atoms with E-state index in [-0.39, 0.29) is 38.1 Å². The topological polar surface area (TPSA) is 12.0 Å². The second kappa shape index (κ2) is 4.34. The van der Waals surface area contributed by atoms with E-state index in [1.54, 1.807) is 0 Å². The van der Waals surface area contributed by atoms with Crippen molar-refractivity contribution in [1.82, 2.24) is 5.32 Å². The molecule has 1 rings (SSSR count). The van der Waals surface area contributed by atoms with Crippen LogP contribution in [0.15, 0.2) is 0 Å². The van der Waals surface area contributed by atoms with Crippen LogP contribution in [-0.2, 0) is 32.7 Å². The van der Waals surface area contributed by atoms with Gasteiger partial charge >= 0.3 is 0 Å². The standard InChI is InChI=1S/C9H17N.Y/c1-7(2)8(3)9(4)5-10-6-9;/h7-8,10H,3-6H2,1-2H3;/q-2;. The number of hydrogen-bond donors (Lipinski definition) is 1. The van der Waals surface area contributed by atoms with E-state index < -0.39 is 0 Å². The number of rotatable bonds is 2. The smallest absolute Gasteiger partial charge is 0 e. The largest absolute Gasteiger partial charge is 0.342 e. The summed E-state index contributed by atoms with van der Waals surface area (Å²) in [6.07, 6.45) is 0. The van der Waals surface area contributed by atoms with E-state index in [0.29, 0.717) is 11.8 Å². The Morgan fingerprint density at radius 3 is 1.91 bits per heavy atom. The zero-order valence-corrected chi connectivity index (χ0v) is 10.4. The van der Waals surface area contributed by atoms with E-state index in [2.05, 4.69) is 33.0 Å². The molecule has 1 aliphatic heterocycles. The molecule has 2 heteroatoms. The summed E-state index contributed by atoms with van der Waals surface area (Å²) >= 11 is 0. The van der Waals surface area contributed by atoms with Crippen molar-refractivity contribution in [3.05, 3.63) is 13.8 Å². The summed E-state index contributed by atoms with van der Waals surface area (Å²) in [6.45, 7) is 14.8. The van der Waals surface area contributed by atoms with Crippen molar-refractivity contribution in [2.75, 3.05) is 13.1 Å². The summed E-state index contributed by atoms with van der Waals surface area (Å²) in [5.74, 6) is 1.15. The van der Waals surface area contributed by atoms with E-state index in [1.807, 2.05) is 0 Å². The summed E-state index contributed by atoms with van der Waals surface area (Å²) < 4.78 is 0. The molecule has 63 valence electrons. The van der Waals surface area contributed by atoms with E-state index >= 15 is 0 Å². The second-order valence-electron chi connectivity index (χ2n) is 3.82. The molecule has 1 atom stereocenters. The Morgan fingerprint density at radius 1 is 1.36 bits per heavy atom. The van der Waals surface area contributed by atoms with E-state index in [9.17, 15) is 0 Å². The molecular weight excluding hydrogens is 211 g/mol. The summed E-state index contributed by atoms with van der Waals surface area (Å²) in [5.41, 5.74) is 0.230. The fourth-order valence-electron chi connectivity index (χ4n) is 1.42. The first-order chi connectivity index (χ1) is 4.56. The van der Waals surface area contributed by atoms with Crippen LogP contribution in [-0.4, -0.2) is 13.1 Å². The van der Waals surface area contributed by atoms with Gasteiger partial charge in [-0.1, -0.05) is 19.8 Å². The molecule has 0 bridgehead atoms. The fourth-order valence-corrected chi connectivity index (χ4v) is 1.42. The van der Waals surface area contributed by atoms with E-state index in [4.69, 9.17) is 0 Å². The Labute approximate surface area is 95.6 Å². The molecule has 0 spiro atoms. The van der Waals surface area contributed by atoms with Crippen molar-refractivity contribution in [2.24, 2.45) is 17.3 Å². The predicted molar refractivity (Wildman–Crippen MR) is 44.3 cm³/mol. The zero-order valence-electron chi connectivity index (χ0n) is 7.56. The van der Waals surface area contributed by atoms with Gasteiger partial charge in [0.2, 0.25) is 0 Å². The van der Waals surface area contributed by atoms with Crippen LogP contribution in [0.4, 0.5) is 0 Å². The first-order valence-corrected chi connectivity index (χ1v) is 3.95. The van der Waals surface area contributed by atoms with Gasteiger partial charge in [-0.3, -0.25) is 0 Å². The van der Waals surface area contributed by atoms with Gasteiger partial charge in [-0.25, -0.2) is 0 Å². The molecule has 0 amide bonds. The third-order valence-electron chi connectivity index (χ3n) is 2.55. The van der Waals surface area contributed by atoms with Crippen molar-refractivity contribution in [3.8, 4) is 0 Å². The predicted octanol–water partition coefficient (Wildman–Crippen LogP) is 1.51. The molecule has 0 aromatic heterocycles. The Kier molecular flexibility index (Phi) is 4.76. The van der Waals surface area contributed by atoms with Gasteiger partial charge in [0.25, 0.3) is 0 Å². The third-order valence-corrected chi connectivity index (χ3v) is 2.55. The van der Waals surface area contributed by atoms with Crippen LogP contribution in [0, 0.1) is 31.1 Å². The minimum Gasteiger partial charge on any atom is -0.342 e. The molecule has 1 N–H and O–H groups in total. The minimum absolute atomic E-state index is 0. The van der Waals surface area contributed by atoms with Crippen molar-refractivity contribution >= 4 is 0 Å². The molecule has 1 fully saturated rings. The van der Waals surface area contributed by atoms with Crippen LogP contribution in [0.5, 0.6) is 0 Å². The quantitative estimate of drug-likeness (QED) is 0.706. The summed E-state index contributed by atoms with van der Waals surface area (Å²) in [5, 5.41) is 3.24. The van der Waals surface area contributed by atoms with Gasteiger partial charge in [-0.05, 0) is 13.1 Å². The molecule has 0 saturated carbocycles. The Hall–Kier alpha value is 1.06. The maximum absolute atomic E-state index is 4.17. The maximum atomic E-state index is 4.17. The Bertz CT molecular complexity index is 119. The summed E-state index contributed by atoms with van der Waals surface area (Å²) in [7, 11) is 0. The molecule has 1 heterocycles. The van der Waals surface area contributed by atoms with Gasteiger partial charge in [0, 0.05) is 32.7 Å². The Morgan fingerprint density at radius 2 is 1.82 bits per heavy atom. The molecule has 0 aromatic carbocycles. The molecule has 1 unspecified atom stereocenters. The van der Waals surface area contributed by atoms with Crippen molar-refractivity contribution in [3.63, 3.8) is 0 Å². The van der Waals surface area contributed by atoms with Crippen molar-refractivity contribution in [2.45, 2.75) is 13.8 Å². The first-order valence-electron chi connectivity index (χ1n) is 3.95. The molecular formula is C9H17NY-2. The zero-order chi connectivity index (χ0) is 7.78. The van der Waals surface area contributed by atoms with Gasteiger partial charge in [0.15, 0.2) is 0 Å². The molecule has 0 aliphatic carbocycles. The number of hydrogen-bond acceptors (Lipinski definition) is 1. The van der Waals surface area contributed by atoms with Gasteiger partial charge < -0.3 is 19.2 Å². The van der Waals surface area contributed by atoms with Crippen LogP contribution in [0.2, 0.25) is 0 Å². The SMILES string of the molecule is [CH2-]C(C(C)C)C1([CH2-])CNC1.[Y]. The summed E-state index contributed by atoms with van der Waals surface area (Å²) in [4.78, 5) is 0. The Balaban J connectivity index is 0.000001000. The van der Waals surface area contributed by atoms with Crippen LogP contribution in [0.25, 0.3) is 0 Å². The summed E-state index contributed by atoms with van der Waals surface area (Å²) in [6, 6.07) is 0. The normalized spacial score (nSPS) is 23.7. The monoisotopic (exact) mass is 228 g/mol. The van der Waals surface area contributed by atoms with Crippen molar-refractivity contribution in [1.29, 1.82) is 0 Å². The van der Waals surface area contributed by atoms with E-state index in [0.717, 1.165) is 13.1 Å². The van der Waals surface area contributed by atoms with Crippen LogP contribution in [0.1, 0.15) is 13.8 Å². The molecule has 1 radical (unpaired) electrons. The van der Waals surface area contributed by atoms with E-state index in [1.165, 1.54) is 0 Å². The third kappa shape index (κ3) is 2.50.